The van der Waals surface area contributed by atoms with Gasteiger partial charge in [-0.15, -0.1) is 0 Å². The van der Waals surface area contributed by atoms with Gasteiger partial charge in [0.1, 0.15) is 17.0 Å². The van der Waals surface area contributed by atoms with Crippen molar-refractivity contribution in [3.05, 3.63) is 59.2 Å². The third-order valence-electron chi connectivity index (χ3n) is 8.19. The lowest BCUT2D eigenvalue weighted by molar-refractivity contribution is 0.0698. The van der Waals surface area contributed by atoms with Crippen molar-refractivity contribution in [1.82, 2.24) is 4.98 Å². The average Bonchev–Trinajstić information content (AvgIpc) is 3.40. The molecule has 6 rings (SSSR count). The van der Waals surface area contributed by atoms with Crippen LogP contribution >= 0.6 is 0 Å². The summed E-state index contributed by atoms with van der Waals surface area (Å²) >= 11 is 0. The number of ether oxygens (including phenoxy) is 1. The molecule has 2 aromatic carbocycles. The minimum absolute atomic E-state index is 0.192. The predicted molar refractivity (Wildman–Crippen MR) is 132 cm³/mol. The van der Waals surface area contributed by atoms with E-state index in [4.69, 9.17) is 14.1 Å². The molecule has 0 spiro atoms. The normalized spacial score (nSPS) is 23.7. The molecule has 2 saturated carbocycles. The zero-order valence-electron chi connectivity index (χ0n) is 19.9. The van der Waals surface area contributed by atoms with E-state index in [1.54, 1.807) is 6.07 Å². The Morgan fingerprint density at radius 3 is 2.82 bits per heavy atom. The van der Waals surface area contributed by atoms with Gasteiger partial charge < -0.3 is 14.3 Å². The van der Waals surface area contributed by atoms with Crippen LogP contribution in [0.3, 0.4) is 0 Å². The quantitative estimate of drug-likeness (QED) is 0.345. The molecule has 4 aromatic rings. The van der Waals surface area contributed by atoms with Crippen LogP contribution in [-0.4, -0.2) is 22.7 Å². The van der Waals surface area contributed by atoms with Crippen LogP contribution < -0.4 is 4.74 Å². The average molecular weight is 456 g/mol. The first kappa shape index (κ1) is 21.2. The standard InChI is InChI=1S/C29H29NO4/c1-16-8-9-24(33-15-18-10-11-29(3)14-19(29)12-18)25-21(28(31)32)13-22(30-26(16)25)27-17(2)20-6-4-5-7-23(20)34-27/h4-9,13,18-19H,10-12,14-15H2,1-3H3,(H,31,32)/t18-,19?,29+/m0/s1. The summed E-state index contributed by atoms with van der Waals surface area (Å²) in [4.78, 5) is 17.3. The van der Waals surface area contributed by atoms with Crippen LogP contribution in [0.25, 0.3) is 33.3 Å². The number of hydrogen-bond donors (Lipinski definition) is 1. The Morgan fingerprint density at radius 2 is 2.06 bits per heavy atom. The summed E-state index contributed by atoms with van der Waals surface area (Å²) in [5.74, 6) is 1.56. The van der Waals surface area contributed by atoms with Crippen LogP contribution in [0.2, 0.25) is 0 Å². The lowest BCUT2D eigenvalue weighted by atomic mass is 9.83. The van der Waals surface area contributed by atoms with Crippen LogP contribution in [-0.2, 0) is 0 Å². The minimum Gasteiger partial charge on any atom is -0.493 e. The smallest absolute Gasteiger partial charge is 0.336 e. The predicted octanol–water partition coefficient (Wildman–Crippen LogP) is 7.17. The number of hydrogen-bond acceptors (Lipinski definition) is 4. The highest BCUT2D eigenvalue weighted by Gasteiger charge is 2.52. The summed E-state index contributed by atoms with van der Waals surface area (Å²) in [5.41, 5.74) is 4.56. The van der Waals surface area contributed by atoms with Gasteiger partial charge in [0, 0.05) is 10.9 Å². The van der Waals surface area contributed by atoms with Crippen molar-refractivity contribution in [2.45, 2.75) is 46.5 Å². The number of para-hydroxylation sites is 1. The minimum atomic E-state index is -0.996. The molecule has 1 unspecified atom stereocenters. The molecule has 2 aliphatic rings. The molecular formula is C29H29NO4. The molecule has 174 valence electrons. The van der Waals surface area contributed by atoms with Gasteiger partial charge >= 0.3 is 5.97 Å². The molecule has 0 radical (unpaired) electrons. The largest absolute Gasteiger partial charge is 0.493 e. The molecule has 5 nitrogen and oxygen atoms in total. The maximum Gasteiger partial charge on any atom is 0.336 e. The Bertz CT molecular complexity index is 1450. The maximum absolute atomic E-state index is 12.4. The third-order valence-corrected chi connectivity index (χ3v) is 8.19. The number of carboxylic acids is 1. The van der Waals surface area contributed by atoms with Gasteiger partial charge in [0.2, 0.25) is 0 Å². The third kappa shape index (κ3) is 3.37. The fourth-order valence-electron chi connectivity index (χ4n) is 5.86. The monoisotopic (exact) mass is 455 g/mol. The second-order valence-electron chi connectivity index (χ2n) is 10.5. The highest BCUT2D eigenvalue weighted by molar-refractivity contribution is 6.07. The van der Waals surface area contributed by atoms with E-state index < -0.39 is 5.97 Å². The van der Waals surface area contributed by atoms with Crippen LogP contribution in [0.15, 0.2) is 46.9 Å². The van der Waals surface area contributed by atoms with E-state index in [9.17, 15) is 9.90 Å². The molecule has 3 atom stereocenters. The fraction of sp³-hybridized carbons (Fsp3) is 0.379. The van der Waals surface area contributed by atoms with Gasteiger partial charge in [-0.3, -0.25) is 0 Å². The second-order valence-corrected chi connectivity index (χ2v) is 10.5. The highest BCUT2D eigenvalue weighted by Crippen LogP contribution is 2.62. The Balaban J connectivity index is 1.41. The van der Waals surface area contributed by atoms with Crippen molar-refractivity contribution in [2.24, 2.45) is 17.3 Å². The summed E-state index contributed by atoms with van der Waals surface area (Å²) in [6.07, 6.45) is 4.99. The topological polar surface area (TPSA) is 72.6 Å². The number of aromatic carboxylic acids is 1. The summed E-state index contributed by atoms with van der Waals surface area (Å²) < 4.78 is 12.4. The maximum atomic E-state index is 12.4. The number of furan rings is 1. The molecule has 2 fully saturated rings. The van der Waals surface area contributed by atoms with Crippen LogP contribution in [0, 0.1) is 31.1 Å². The number of carboxylic acid groups (broad SMARTS) is 1. The first-order valence-corrected chi connectivity index (χ1v) is 12.1. The molecule has 1 N–H and O–H groups in total. The van der Waals surface area contributed by atoms with Gasteiger partial charge in [-0.1, -0.05) is 31.2 Å². The second kappa shape index (κ2) is 7.59. The van der Waals surface area contributed by atoms with E-state index >= 15 is 0 Å². The molecule has 0 amide bonds. The molecule has 2 aromatic heterocycles. The van der Waals surface area contributed by atoms with Gasteiger partial charge in [-0.05, 0) is 80.5 Å². The van der Waals surface area contributed by atoms with Crippen molar-refractivity contribution >= 4 is 27.8 Å². The first-order chi connectivity index (χ1) is 16.3. The van der Waals surface area contributed by atoms with Crippen molar-refractivity contribution in [3.8, 4) is 17.2 Å². The molecule has 2 heterocycles. The number of carbonyl (C=O) groups is 1. The molecule has 5 heteroatoms. The van der Waals surface area contributed by atoms with Gasteiger partial charge in [-0.2, -0.15) is 0 Å². The van der Waals surface area contributed by atoms with Crippen molar-refractivity contribution in [3.63, 3.8) is 0 Å². The first-order valence-electron chi connectivity index (χ1n) is 12.1. The zero-order valence-corrected chi connectivity index (χ0v) is 19.9. The Labute approximate surface area is 198 Å². The van der Waals surface area contributed by atoms with Crippen molar-refractivity contribution in [2.75, 3.05) is 6.61 Å². The lowest BCUT2D eigenvalue weighted by Crippen LogP contribution is -2.20. The molecule has 34 heavy (non-hydrogen) atoms. The summed E-state index contributed by atoms with van der Waals surface area (Å²) in [7, 11) is 0. The Morgan fingerprint density at radius 1 is 1.24 bits per heavy atom. The fourth-order valence-corrected chi connectivity index (χ4v) is 5.86. The van der Waals surface area contributed by atoms with E-state index in [-0.39, 0.29) is 5.56 Å². The molecule has 0 aliphatic heterocycles. The summed E-state index contributed by atoms with van der Waals surface area (Å²) in [6.45, 7) is 6.95. The number of aryl methyl sites for hydroxylation is 2. The number of pyridine rings is 1. The summed E-state index contributed by atoms with van der Waals surface area (Å²) in [5, 5.41) is 11.7. The molecular weight excluding hydrogens is 426 g/mol. The number of rotatable bonds is 5. The van der Waals surface area contributed by atoms with Crippen LogP contribution in [0.4, 0.5) is 0 Å². The van der Waals surface area contributed by atoms with E-state index in [2.05, 4.69) is 6.92 Å². The van der Waals surface area contributed by atoms with E-state index in [1.807, 2.05) is 50.2 Å². The van der Waals surface area contributed by atoms with Gasteiger partial charge in [0.25, 0.3) is 0 Å². The number of aromatic nitrogens is 1. The lowest BCUT2D eigenvalue weighted by Gasteiger charge is -2.26. The SMILES string of the molecule is Cc1c(-c2cc(C(=O)O)c3c(OC[C@H]4CC[C@]5(C)CC5C4)ccc(C)c3n2)oc2ccccc12. The number of nitrogens with zero attached hydrogens (tertiary/aromatic N) is 1. The van der Waals surface area contributed by atoms with Gasteiger partial charge in [0.05, 0.1) is 23.1 Å². The summed E-state index contributed by atoms with van der Waals surface area (Å²) in [6, 6.07) is 13.3. The van der Waals surface area contributed by atoms with Crippen molar-refractivity contribution < 1.29 is 19.1 Å². The van der Waals surface area contributed by atoms with Crippen LogP contribution in [0.5, 0.6) is 5.75 Å². The van der Waals surface area contributed by atoms with Crippen molar-refractivity contribution in [1.29, 1.82) is 0 Å². The van der Waals surface area contributed by atoms with Gasteiger partial charge in [0.15, 0.2) is 5.76 Å². The van der Waals surface area contributed by atoms with Gasteiger partial charge in [-0.25, -0.2) is 9.78 Å². The highest BCUT2D eigenvalue weighted by atomic mass is 16.5. The van der Waals surface area contributed by atoms with E-state index in [0.717, 1.165) is 28.0 Å². The van der Waals surface area contributed by atoms with E-state index in [1.165, 1.54) is 25.7 Å². The number of fused-ring (bicyclic) bond motifs is 3. The zero-order chi connectivity index (χ0) is 23.6. The molecule has 0 saturated heterocycles. The molecule has 0 bridgehead atoms. The number of benzene rings is 2. The Kier molecular flexibility index (Phi) is 4.73. The van der Waals surface area contributed by atoms with E-state index in [0.29, 0.717) is 46.0 Å². The Hall–Kier alpha value is -3.34. The molecule has 2 aliphatic carbocycles. The van der Waals surface area contributed by atoms with Crippen LogP contribution in [0.1, 0.15) is 54.1 Å².